The van der Waals surface area contributed by atoms with Crippen LogP contribution in [0.15, 0.2) is 48.5 Å². The Labute approximate surface area is 170 Å². The van der Waals surface area contributed by atoms with Crippen molar-refractivity contribution < 1.29 is 18.7 Å². The normalized spacial score (nSPS) is 15.0. The first-order valence-corrected chi connectivity index (χ1v) is 9.72. The number of rotatable bonds is 7. The Morgan fingerprint density at radius 3 is 2.34 bits per heavy atom. The van der Waals surface area contributed by atoms with E-state index in [2.05, 4.69) is 10.6 Å². The van der Waals surface area contributed by atoms with Crippen molar-refractivity contribution in [2.75, 3.05) is 32.1 Å². The molecule has 1 aliphatic rings. The summed E-state index contributed by atoms with van der Waals surface area (Å²) >= 11 is 0. The maximum atomic E-state index is 12.9. The summed E-state index contributed by atoms with van der Waals surface area (Å²) in [5, 5.41) is 5.75. The van der Waals surface area contributed by atoms with Crippen LogP contribution in [0.3, 0.4) is 0 Å². The zero-order chi connectivity index (χ0) is 20.6. The summed E-state index contributed by atoms with van der Waals surface area (Å²) in [6.45, 7) is 2.13. The van der Waals surface area contributed by atoms with E-state index in [9.17, 15) is 14.0 Å². The lowest BCUT2D eigenvalue weighted by atomic mass is 9.96. The van der Waals surface area contributed by atoms with E-state index < -0.39 is 0 Å². The van der Waals surface area contributed by atoms with Crippen LogP contribution in [-0.2, 0) is 16.1 Å². The van der Waals surface area contributed by atoms with Gasteiger partial charge in [0.1, 0.15) is 11.6 Å². The van der Waals surface area contributed by atoms with Crippen LogP contribution in [0.1, 0.15) is 18.4 Å². The van der Waals surface area contributed by atoms with Crippen molar-refractivity contribution >= 4 is 17.5 Å². The minimum absolute atomic E-state index is 0.0374. The Hall–Kier alpha value is -2.93. The molecule has 0 spiro atoms. The average Bonchev–Trinajstić information content (AvgIpc) is 2.74. The molecule has 2 aromatic rings. The SMILES string of the molecule is COc1ccc(CNC(=O)C2CCN(CC(=O)Nc3ccc(F)cc3)CC2)cc1. The summed E-state index contributed by atoms with van der Waals surface area (Å²) in [4.78, 5) is 26.6. The highest BCUT2D eigenvalue weighted by Gasteiger charge is 2.25. The molecule has 1 aliphatic heterocycles. The van der Waals surface area contributed by atoms with Crippen LogP contribution in [0.4, 0.5) is 10.1 Å². The van der Waals surface area contributed by atoms with Gasteiger partial charge in [0.05, 0.1) is 13.7 Å². The zero-order valence-corrected chi connectivity index (χ0v) is 16.5. The Morgan fingerprint density at radius 2 is 1.72 bits per heavy atom. The van der Waals surface area contributed by atoms with Crippen molar-refractivity contribution in [3.8, 4) is 5.75 Å². The Bertz CT molecular complexity index is 816. The minimum atomic E-state index is -0.338. The summed E-state index contributed by atoms with van der Waals surface area (Å²) in [6.07, 6.45) is 1.44. The number of hydrogen-bond donors (Lipinski definition) is 2. The number of amides is 2. The molecule has 0 atom stereocenters. The van der Waals surface area contributed by atoms with Crippen molar-refractivity contribution in [1.29, 1.82) is 0 Å². The Balaban J connectivity index is 1.38. The van der Waals surface area contributed by atoms with Gasteiger partial charge in [0, 0.05) is 18.2 Å². The van der Waals surface area contributed by atoms with Gasteiger partial charge < -0.3 is 15.4 Å². The number of halogens is 1. The van der Waals surface area contributed by atoms with Crippen LogP contribution in [0.25, 0.3) is 0 Å². The van der Waals surface area contributed by atoms with Crippen molar-refractivity contribution in [1.82, 2.24) is 10.2 Å². The summed E-state index contributed by atoms with van der Waals surface area (Å²) in [6, 6.07) is 13.3. The standard InChI is InChI=1S/C22H26FN3O3/c1-29-20-8-2-16(3-9-20)14-24-22(28)17-10-12-26(13-11-17)15-21(27)25-19-6-4-18(23)5-7-19/h2-9,17H,10-15H2,1H3,(H,24,28)(H,25,27). The Morgan fingerprint density at radius 1 is 1.07 bits per heavy atom. The maximum Gasteiger partial charge on any atom is 0.238 e. The fraction of sp³-hybridized carbons (Fsp3) is 0.364. The molecule has 1 saturated heterocycles. The smallest absolute Gasteiger partial charge is 0.238 e. The van der Waals surface area contributed by atoms with Crippen LogP contribution in [0, 0.1) is 11.7 Å². The van der Waals surface area contributed by atoms with E-state index in [0.717, 1.165) is 24.2 Å². The molecule has 2 N–H and O–H groups in total. The third kappa shape index (κ3) is 6.29. The molecule has 0 saturated carbocycles. The van der Waals surface area contributed by atoms with Gasteiger partial charge in [0.15, 0.2) is 0 Å². The van der Waals surface area contributed by atoms with Crippen molar-refractivity contribution in [3.63, 3.8) is 0 Å². The number of likely N-dealkylation sites (tertiary alicyclic amines) is 1. The number of ether oxygens (including phenoxy) is 1. The molecule has 0 aromatic heterocycles. The Kier molecular flexibility index (Phi) is 7.19. The lowest BCUT2D eigenvalue weighted by molar-refractivity contribution is -0.126. The molecular weight excluding hydrogens is 373 g/mol. The molecule has 29 heavy (non-hydrogen) atoms. The fourth-order valence-electron chi connectivity index (χ4n) is 3.37. The number of carbonyl (C=O) groups is 2. The van der Waals surface area contributed by atoms with E-state index in [1.54, 1.807) is 7.11 Å². The van der Waals surface area contributed by atoms with E-state index in [1.807, 2.05) is 29.2 Å². The van der Waals surface area contributed by atoms with Crippen molar-refractivity contribution in [3.05, 3.63) is 59.9 Å². The van der Waals surface area contributed by atoms with Gasteiger partial charge in [-0.3, -0.25) is 14.5 Å². The summed E-state index contributed by atoms with van der Waals surface area (Å²) in [5.41, 5.74) is 1.60. The van der Waals surface area contributed by atoms with Crippen LogP contribution in [0.5, 0.6) is 5.75 Å². The first-order valence-electron chi connectivity index (χ1n) is 9.72. The third-order valence-electron chi connectivity index (χ3n) is 5.08. The second kappa shape index (κ2) is 10.0. The third-order valence-corrected chi connectivity index (χ3v) is 5.08. The van der Waals surface area contributed by atoms with Gasteiger partial charge in [-0.15, -0.1) is 0 Å². The molecule has 2 amide bonds. The van der Waals surface area contributed by atoms with Gasteiger partial charge in [0.25, 0.3) is 0 Å². The minimum Gasteiger partial charge on any atom is -0.497 e. The van der Waals surface area contributed by atoms with Gasteiger partial charge >= 0.3 is 0 Å². The number of nitrogens with zero attached hydrogens (tertiary/aromatic N) is 1. The number of nitrogens with one attached hydrogen (secondary N) is 2. The quantitative estimate of drug-likeness (QED) is 0.751. The van der Waals surface area contributed by atoms with E-state index in [0.29, 0.717) is 25.3 Å². The number of anilines is 1. The molecule has 1 heterocycles. The van der Waals surface area contributed by atoms with Gasteiger partial charge in [-0.2, -0.15) is 0 Å². The number of hydrogen-bond acceptors (Lipinski definition) is 4. The lowest BCUT2D eigenvalue weighted by Crippen LogP contribution is -2.43. The van der Waals surface area contributed by atoms with Crippen molar-refractivity contribution in [2.24, 2.45) is 5.92 Å². The number of carbonyl (C=O) groups excluding carboxylic acids is 2. The lowest BCUT2D eigenvalue weighted by Gasteiger charge is -2.30. The van der Waals surface area contributed by atoms with Crippen LogP contribution >= 0.6 is 0 Å². The predicted octanol–water partition coefficient (Wildman–Crippen LogP) is 2.80. The van der Waals surface area contributed by atoms with Gasteiger partial charge in [-0.05, 0) is 67.9 Å². The largest absolute Gasteiger partial charge is 0.497 e. The van der Waals surface area contributed by atoms with Gasteiger partial charge in [-0.25, -0.2) is 4.39 Å². The van der Waals surface area contributed by atoms with E-state index in [4.69, 9.17) is 4.74 Å². The fourth-order valence-corrected chi connectivity index (χ4v) is 3.37. The molecule has 0 aliphatic carbocycles. The highest BCUT2D eigenvalue weighted by atomic mass is 19.1. The van der Waals surface area contributed by atoms with Gasteiger partial charge in [0.2, 0.25) is 11.8 Å². The highest BCUT2D eigenvalue weighted by molar-refractivity contribution is 5.92. The van der Waals surface area contributed by atoms with E-state index >= 15 is 0 Å². The molecule has 0 bridgehead atoms. The number of methoxy groups -OCH3 is 1. The average molecular weight is 399 g/mol. The molecular formula is C22H26FN3O3. The number of piperidine rings is 1. The molecule has 1 fully saturated rings. The van der Waals surface area contributed by atoms with Crippen LogP contribution in [0.2, 0.25) is 0 Å². The van der Waals surface area contributed by atoms with E-state index in [1.165, 1.54) is 24.3 Å². The van der Waals surface area contributed by atoms with E-state index in [-0.39, 0.29) is 30.1 Å². The maximum absolute atomic E-state index is 12.9. The summed E-state index contributed by atoms with van der Waals surface area (Å²) in [5.74, 6) is 0.325. The monoisotopic (exact) mass is 399 g/mol. The highest BCUT2D eigenvalue weighted by Crippen LogP contribution is 2.18. The predicted molar refractivity (Wildman–Crippen MR) is 109 cm³/mol. The second-order valence-electron chi connectivity index (χ2n) is 7.17. The molecule has 3 rings (SSSR count). The molecule has 0 radical (unpaired) electrons. The van der Waals surface area contributed by atoms with Gasteiger partial charge in [-0.1, -0.05) is 12.1 Å². The number of benzene rings is 2. The van der Waals surface area contributed by atoms with Crippen molar-refractivity contribution in [2.45, 2.75) is 19.4 Å². The zero-order valence-electron chi connectivity index (χ0n) is 16.5. The first-order chi connectivity index (χ1) is 14.0. The van der Waals surface area contributed by atoms with Crippen LogP contribution < -0.4 is 15.4 Å². The van der Waals surface area contributed by atoms with Crippen LogP contribution in [-0.4, -0.2) is 43.5 Å². The topological polar surface area (TPSA) is 70.7 Å². The molecule has 154 valence electrons. The molecule has 6 nitrogen and oxygen atoms in total. The summed E-state index contributed by atoms with van der Waals surface area (Å²) in [7, 11) is 1.62. The molecule has 7 heteroatoms. The summed E-state index contributed by atoms with van der Waals surface area (Å²) < 4.78 is 18.1. The first kappa shape index (κ1) is 20.8. The molecule has 0 unspecified atom stereocenters. The molecule has 2 aromatic carbocycles. The second-order valence-corrected chi connectivity index (χ2v) is 7.17.